The molecule has 1 saturated heterocycles. The highest BCUT2D eigenvalue weighted by atomic mass is 32.1. The Balaban J connectivity index is 1.66. The van der Waals surface area contributed by atoms with Crippen LogP contribution >= 0.6 is 11.3 Å². The second kappa shape index (κ2) is 9.15. The lowest BCUT2D eigenvalue weighted by molar-refractivity contribution is -0.135. The molecular formula is C21H26N2O3S. The number of benzene rings is 1. The largest absolute Gasteiger partial charge is 0.376 e. The molecule has 2 amide bonds. The smallest absolute Gasteiger partial charge is 0.244 e. The van der Waals surface area contributed by atoms with Gasteiger partial charge in [-0.3, -0.25) is 9.59 Å². The van der Waals surface area contributed by atoms with Gasteiger partial charge >= 0.3 is 0 Å². The summed E-state index contributed by atoms with van der Waals surface area (Å²) in [5, 5.41) is 6.88. The number of carbonyl (C=O) groups is 2. The van der Waals surface area contributed by atoms with Gasteiger partial charge in [-0.1, -0.05) is 12.1 Å². The van der Waals surface area contributed by atoms with Crippen molar-refractivity contribution in [1.29, 1.82) is 0 Å². The highest BCUT2D eigenvalue weighted by molar-refractivity contribution is 7.08. The van der Waals surface area contributed by atoms with Crippen LogP contribution in [0.3, 0.4) is 0 Å². The molecule has 1 aliphatic heterocycles. The molecule has 1 atom stereocenters. The first-order chi connectivity index (χ1) is 13.0. The zero-order chi connectivity index (χ0) is 19.2. The number of anilines is 1. The van der Waals surface area contributed by atoms with Crippen LogP contribution < -0.4 is 5.32 Å². The van der Waals surface area contributed by atoms with Crippen molar-refractivity contribution < 1.29 is 14.3 Å². The molecule has 5 nitrogen and oxygen atoms in total. The third-order valence-corrected chi connectivity index (χ3v) is 5.68. The summed E-state index contributed by atoms with van der Waals surface area (Å²) in [6, 6.07) is 7.77. The van der Waals surface area contributed by atoms with E-state index >= 15 is 0 Å². The highest BCUT2D eigenvalue weighted by Crippen LogP contribution is 2.19. The van der Waals surface area contributed by atoms with Crippen molar-refractivity contribution in [1.82, 2.24) is 4.90 Å². The Bertz CT molecular complexity index is 783. The third kappa shape index (κ3) is 5.40. The Kier molecular flexibility index (Phi) is 6.63. The van der Waals surface area contributed by atoms with Gasteiger partial charge in [0.1, 0.15) is 0 Å². The lowest BCUT2D eigenvalue weighted by Crippen LogP contribution is -2.43. The van der Waals surface area contributed by atoms with E-state index in [-0.39, 0.29) is 24.5 Å². The first kappa shape index (κ1) is 19.6. The summed E-state index contributed by atoms with van der Waals surface area (Å²) >= 11 is 1.57. The van der Waals surface area contributed by atoms with E-state index in [0.29, 0.717) is 13.0 Å². The van der Waals surface area contributed by atoms with Gasteiger partial charge in [0.25, 0.3) is 0 Å². The van der Waals surface area contributed by atoms with E-state index in [2.05, 4.69) is 5.32 Å². The van der Waals surface area contributed by atoms with Gasteiger partial charge in [0, 0.05) is 18.8 Å². The van der Waals surface area contributed by atoms with Crippen molar-refractivity contribution in [3.63, 3.8) is 0 Å². The number of aryl methyl sites for hydroxylation is 1. The molecule has 1 aromatic carbocycles. The number of rotatable bonds is 7. The van der Waals surface area contributed by atoms with Crippen molar-refractivity contribution in [3.05, 3.63) is 51.7 Å². The van der Waals surface area contributed by atoms with Crippen LogP contribution in [0.1, 0.15) is 29.5 Å². The summed E-state index contributed by atoms with van der Waals surface area (Å²) < 4.78 is 5.68. The number of hydrogen-bond acceptors (Lipinski definition) is 4. The Morgan fingerprint density at radius 1 is 1.30 bits per heavy atom. The minimum Gasteiger partial charge on any atom is -0.376 e. The maximum absolute atomic E-state index is 12.8. The molecule has 1 aliphatic rings. The van der Waals surface area contributed by atoms with E-state index in [9.17, 15) is 9.59 Å². The van der Waals surface area contributed by atoms with E-state index in [1.807, 2.05) is 48.9 Å². The number of nitrogens with one attached hydrogen (secondary N) is 1. The maximum Gasteiger partial charge on any atom is 0.244 e. The summed E-state index contributed by atoms with van der Waals surface area (Å²) in [6.45, 7) is 5.22. The zero-order valence-electron chi connectivity index (χ0n) is 15.9. The Hall–Kier alpha value is -2.18. The Labute approximate surface area is 164 Å². The van der Waals surface area contributed by atoms with E-state index in [1.54, 1.807) is 16.2 Å². The standard InChI is InChI=1S/C21H26N2O3S/c1-15-5-3-7-19(16(15)2)22-20(24)13-23(12-18-6-4-9-26-18)21(25)11-17-8-10-27-14-17/h3,5,7-8,10,14,18H,4,6,9,11-13H2,1-2H3,(H,22,24)/t18-/m1/s1. The molecule has 144 valence electrons. The Morgan fingerprint density at radius 2 is 2.15 bits per heavy atom. The summed E-state index contributed by atoms with van der Waals surface area (Å²) in [6.07, 6.45) is 2.27. The quantitative estimate of drug-likeness (QED) is 0.792. The molecule has 1 N–H and O–H groups in total. The number of carbonyl (C=O) groups excluding carboxylic acids is 2. The second-order valence-corrected chi connectivity index (χ2v) is 7.79. The lowest BCUT2D eigenvalue weighted by atomic mass is 10.1. The molecule has 0 spiro atoms. The van der Waals surface area contributed by atoms with Crippen LogP contribution in [0.5, 0.6) is 0 Å². The van der Waals surface area contributed by atoms with Gasteiger partial charge in [-0.15, -0.1) is 0 Å². The summed E-state index contributed by atoms with van der Waals surface area (Å²) in [7, 11) is 0. The van der Waals surface area contributed by atoms with Crippen molar-refractivity contribution in [2.24, 2.45) is 0 Å². The predicted octanol–water partition coefficient (Wildman–Crippen LogP) is 3.55. The van der Waals surface area contributed by atoms with Gasteiger partial charge < -0.3 is 15.0 Å². The topological polar surface area (TPSA) is 58.6 Å². The third-order valence-electron chi connectivity index (χ3n) is 4.95. The number of thiophene rings is 1. The molecule has 0 aliphatic carbocycles. The Morgan fingerprint density at radius 3 is 2.85 bits per heavy atom. The fourth-order valence-corrected chi connectivity index (χ4v) is 3.89. The minimum absolute atomic E-state index is 0.0185. The van der Waals surface area contributed by atoms with Gasteiger partial charge in [-0.25, -0.2) is 0 Å². The minimum atomic E-state index is -0.180. The molecule has 0 radical (unpaired) electrons. The summed E-state index contributed by atoms with van der Waals surface area (Å²) in [5.74, 6) is -0.222. The van der Waals surface area contributed by atoms with Crippen molar-refractivity contribution >= 4 is 28.8 Å². The van der Waals surface area contributed by atoms with Crippen molar-refractivity contribution in [2.75, 3.05) is 25.0 Å². The predicted molar refractivity (Wildman–Crippen MR) is 108 cm³/mol. The van der Waals surface area contributed by atoms with Crippen LogP contribution in [0.4, 0.5) is 5.69 Å². The van der Waals surface area contributed by atoms with E-state index in [0.717, 1.165) is 41.8 Å². The first-order valence-electron chi connectivity index (χ1n) is 9.29. The molecule has 0 unspecified atom stereocenters. The fourth-order valence-electron chi connectivity index (χ4n) is 3.22. The van der Waals surface area contributed by atoms with Gasteiger partial charge in [-0.2, -0.15) is 11.3 Å². The number of hydrogen-bond donors (Lipinski definition) is 1. The maximum atomic E-state index is 12.8. The second-order valence-electron chi connectivity index (χ2n) is 7.01. The first-order valence-corrected chi connectivity index (χ1v) is 10.2. The van der Waals surface area contributed by atoms with Gasteiger partial charge in [0.2, 0.25) is 11.8 Å². The highest BCUT2D eigenvalue weighted by Gasteiger charge is 2.24. The van der Waals surface area contributed by atoms with E-state index < -0.39 is 0 Å². The van der Waals surface area contributed by atoms with E-state index in [1.165, 1.54) is 0 Å². The van der Waals surface area contributed by atoms with Crippen molar-refractivity contribution in [3.8, 4) is 0 Å². The zero-order valence-corrected chi connectivity index (χ0v) is 16.7. The number of ether oxygens (including phenoxy) is 1. The van der Waals surface area contributed by atoms with Crippen molar-refractivity contribution in [2.45, 2.75) is 39.2 Å². The van der Waals surface area contributed by atoms with Crippen LogP contribution in [0, 0.1) is 13.8 Å². The van der Waals surface area contributed by atoms with Crippen LogP contribution in [0.2, 0.25) is 0 Å². The number of amides is 2. The summed E-state index contributed by atoms with van der Waals surface area (Å²) in [5.41, 5.74) is 3.94. The van der Waals surface area contributed by atoms with Crippen LogP contribution in [-0.2, 0) is 20.7 Å². The fraction of sp³-hybridized carbons (Fsp3) is 0.429. The molecule has 0 bridgehead atoms. The molecule has 1 aromatic heterocycles. The molecule has 27 heavy (non-hydrogen) atoms. The van der Waals surface area contributed by atoms with Crippen LogP contribution in [-0.4, -0.2) is 42.5 Å². The molecule has 0 saturated carbocycles. The van der Waals surface area contributed by atoms with Crippen LogP contribution in [0.15, 0.2) is 35.0 Å². The molecular weight excluding hydrogens is 360 g/mol. The van der Waals surface area contributed by atoms with Crippen LogP contribution in [0.25, 0.3) is 0 Å². The van der Waals surface area contributed by atoms with E-state index in [4.69, 9.17) is 4.74 Å². The van der Waals surface area contributed by atoms with Gasteiger partial charge in [0.05, 0.1) is 19.1 Å². The molecule has 1 fully saturated rings. The average Bonchev–Trinajstić information content (AvgIpc) is 3.32. The van der Waals surface area contributed by atoms with Gasteiger partial charge in [0.15, 0.2) is 0 Å². The summed E-state index contributed by atoms with van der Waals surface area (Å²) in [4.78, 5) is 27.1. The van der Waals surface area contributed by atoms with Gasteiger partial charge in [-0.05, 0) is 66.3 Å². The normalized spacial score (nSPS) is 16.3. The molecule has 3 rings (SSSR count). The number of nitrogens with zero attached hydrogens (tertiary/aromatic N) is 1. The average molecular weight is 387 g/mol. The SMILES string of the molecule is Cc1cccc(NC(=O)CN(C[C@H]2CCCO2)C(=O)Cc2ccsc2)c1C. The molecule has 2 heterocycles. The molecule has 6 heteroatoms. The molecule has 2 aromatic rings. The monoisotopic (exact) mass is 386 g/mol. The lowest BCUT2D eigenvalue weighted by Gasteiger charge is -2.25.